The molecule has 0 radical (unpaired) electrons. The number of rotatable bonds is 2. The van der Waals surface area contributed by atoms with Crippen LogP contribution in [0.25, 0.3) is 0 Å². The molecule has 1 atom stereocenters. The highest BCUT2D eigenvalue weighted by atomic mass is 19.1. The van der Waals surface area contributed by atoms with Crippen molar-refractivity contribution in [1.82, 2.24) is 0 Å². The van der Waals surface area contributed by atoms with Crippen LogP contribution in [0.2, 0.25) is 0 Å². The highest BCUT2D eigenvalue weighted by Crippen LogP contribution is 2.36. The molecule has 19 heavy (non-hydrogen) atoms. The van der Waals surface area contributed by atoms with E-state index in [-0.39, 0.29) is 11.9 Å². The number of halogens is 1. The van der Waals surface area contributed by atoms with Gasteiger partial charge in [0.05, 0.1) is 11.2 Å². The van der Waals surface area contributed by atoms with Gasteiger partial charge in [0.2, 0.25) is 0 Å². The molecule has 0 aromatic heterocycles. The van der Waals surface area contributed by atoms with Crippen molar-refractivity contribution in [2.45, 2.75) is 51.9 Å². The molecule has 0 aliphatic carbocycles. The molecular formula is C14H21BFNO2. The van der Waals surface area contributed by atoms with Crippen LogP contribution in [-0.4, -0.2) is 18.3 Å². The van der Waals surface area contributed by atoms with Crippen LogP contribution in [-0.2, 0) is 9.31 Å². The van der Waals surface area contributed by atoms with Crippen LogP contribution in [0, 0.1) is 5.82 Å². The van der Waals surface area contributed by atoms with E-state index >= 15 is 0 Å². The van der Waals surface area contributed by atoms with Crippen LogP contribution in [0.1, 0.15) is 46.2 Å². The van der Waals surface area contributed by atoms with E-state index in [2.05, 4.69) is 0 Å². The molecule has 2 N–H and O–H groups in total. The monoisotopic (exact) mass is 265 g/mol. The molecule has 0 spiro atoms. The summed E-state index contributed by atoms with van der Waals surface area (Å²) in [4.78, 5) is 0. The highest BCUT2D eigenvalue weighted by Gasteiger charge is 2.51. The minimum Gasteiger partial charge on any atom is -0.399 e. The van der Waals surface area contributed by atoms with Crippen molar-refractivity contribution in [3.63, 3.8) is 0 Å². The first-order valence-electron chi connectivity index (χ1n) is 6.54. The standard InChI is InChI=1S/C14H21BFNO2/c1-9(17)11-7-6-10(8-12(11)16)15-18-13(2,3)14(4,5)19-15/h6-9H,17H2,1-5H3/t9-/m1/s1. The summed E-state index contributed by atoms with van der Waals surface area (Å²) in [5.74, 6) is -0.317. The summed E-state index contributed by atoms with van der Waals surface area (Å²) in [6.07, 6.45) is 0. The third-order valence-corrected chi connectivity index (χ3v) is 4.04. The molecular weight excluding hydrogens is 244 g/mol. The van der Waals surface area contributed by atoms with Gasteiger partial charge in [0.1, 0.15) is 5.82 Å². The topological polar surface area (TPSA) is 44.5 Å². The average molecular weight is 265 g/mol. The Bertz CT molecular complexity index is 472. The van der Waals surface area contributed by atoms with E-state index in [4.69, 9.17) is 15.0 Å². The summed E-state index contributed by atoms with van der Waals surface area (Å²) in [5.41, 5.74) is 6.04. The van der Waals surface area contributed by atoms with Crippen molar-refractivity contribution >= 4 is 12.6 Å². The Morgan fingerprint density at radius 3 is 2.11 bits per heavy atom. The third-order valence-electron chi connectivity index (χ3n) is 4.04. The van der Waals surface area contributed by atoms with Gasteiger partial charge in [0.25, 0.3) is 0 Å². The zero-order chi connectivity index (χ0) is 14.4. The van der Waals surface area contributed by atoms with E-state index in [0.29, 0.717) is 11.0 Å². The smallest absolute Gasteiger partial charge is 0.399 e. The van der Waals surface area contributed by atoms with E-state index < -0.39 is 18.3 Å². The number of benzene rings is 1. The van der Waals surface area contributed by atoms with Gasteiger partial charge in [-0.25, -0.2) is 4.39 Å². The maximum absolute atomic E-state index is 13.9. The van der Waals surface area contributed by atoms with Crippen molar-refractivity contribution in [2.24, 2.45) is 5.73 Å². The molecule has 1 aliphatic rings. The van der Waals surface area contributed by atoms with Gasteiger partial charge < -0.3 is 15.0 Å². The van der Waals surface area contributed by atoms with Crippen LogP contribution in [0.5, 0.6) is 0 Å². The Hall–Kier alpha value is -0.905. The normalized spacial score (nSPS) is 22.6. The van der Waals surface area contributed by atoms with Gasteiger partial charge in [-0.05, 0) is 46.1 Å². The third kappa shape index (κ3) is 2.55. The van der Waals surface area contributed by atoms with Crippen molar-refractivity contribution in [3.8, 4) is 0 Å². The molecule has 0 amide bonds. The highest BCUT2D eigenvalue weighted by molar-refractivity contribution is 6.62. The Morgan fingerprint density at radius 1 is 1.16 bits per heavy atom. The largest absolute Gasteiger partial charge is 0.494 e. The fourth-order valence-electron chi connectivity index (χ4n) is 2.04. The van der Waals surface area contributed by atoms with Gasteiger partial charge in [0.15, 0.2) is 0 Å². The molecule has 5 heteroatoms. The SMILES string of the molecule is C[C@@H](N)c1ccc(B2OC(C)(C)C(C)(C)O2)cc1F. The first-order chi connectivity index (χ1) is 8.64. The van der Waals surface area contributed by atoms with Gasteiger partial charge in [0, 0.05) is 11.6 Å². The Kier molecular flexibility index (Phi) is 3.50. The summed E-state index contributed by atoms with van der Waals surface area (Å²) in [5, 5.41) is 0. The van der Waals surface area contributed by atoms with Crippen molar-refractivity contribution in [1.29, 1.82) is 0 Å². The quantitative estimate of drug-likeness (QED) is 0.833. The maximum Gasteiger partial charge on any atom is 0.494 e. The second-order valence-electron chi connectivity index (χ2n) is 6.16. The molecule has 1 aliphatic heterocycles. The maximum atomic E-state index is 13.9. The molecule has 0 unspecified atom stereocenters. The van der Waals surface area contributed by atoms with Gasteiger partial charge in [-0.1, -0.05) is 12.1 Å². The molecule has 3 nitrogen and oxygen atoms in total. The van der Waals surface area contributed by atoms with Crippen molar-refractivity contribution < 1.29 is 13.7 Å². The fraction of sp³-hybridized carbons (Fsp3) is 0.571. The Balaban J connectivity index is 2.28. The lowest BCUT2D eigenvalue weighted by Gasteiger charge is -2.32. The van der Waals surface area contributed by atoms with Crippen LogP contribution in [0.3, 0.4) is 0 Å². The van der Waals surface area contributed by atoms with Gasteiger partial charge >= 0.3 is 7.12 Å². The van der Waals surface area contributed by atoms with Gasteiger partial charge in [-0.3, -0.25) is 0 Å². The average Bonchev–Trinajstić information content (AvgIpc) is 2.47. The lowest BCUT2D eigenvalue weighted by atomic mass is 9.78. The molecule has 2 rings (SSSR count). The Labute approximate surface area is 114 Å². The van der Waals surface area contributed by atoms with Gasteiger partial charge in [-0.15, -0.1) is 0 Å². The van der Waals surface area contributed by atoms with Crippen molar-refractivity contribution in [3.05, 3.63) is 29.6 Å². The summed E-state index contributed by atoms with van der Waals surface area (Å²) in [7, 11) is -0.540. The molecule has 1 aromatic carbocycles. The molecule has 1 fully saturated rings. The van der Waals surface area contributed by atoms with E-state index in [1.807, 2.05) is 33.8 Å². The van der Waals surface area contributed by atoms with Crippen LogP contribution in [0.4, 0.5) is 4.39 Å². The lowest BCUT2D eigenvalue weighted by molar-refractivity contribution is 0.00578. The molecule has 1 aromatic rings. The zero-order valence-electron chi connectivity index (χ0n) is 12.2. The summed E-state index contributed by atoms with van der Waals surface area (Å²) >= 11 is 0. The summed E-state index contributed by atoms with van der Waals surface area (Å²) in [6, 6.07) is 4.62. The number of hydrogen-bond acceptors (Lipinski definition) is 3. The predicted molar refractivity (Wildman–Crippen MR) is 74.7 cm³/mol. The number of nitrogens with two attached hydrogens (primary N) is 1. The Morgan fingerprint density at radius 2 is 1.68 bits per heavy atom. The zero-order valence-corrected chi connectivity index (χ0v) is 12.2. The van der Waals surface area contributed by atoms with Crippen LogP contribution in [0.15, 0.2) is 18.2 Å². The number of hydrogen-bond donors (Lipinski definition) is 1. The minimum atomic E-state index is -0.540. The second-order valence-corrected chi connectivity index (χ2v) is 6.16. The molecule has 104 valence electrons. The van der Waals surface area contributed by atoms with E-state index in [1.54, 1.807) is 13.0 Å². The molecule has 1 heterocycles. The van der Waals surface area contributed by atoms with Crippen LogP contribution >= 0.6 is 0 Å². The molecule has 0 saturated carbocycles. The summed E-state index contributed by atoms with van der Waals surface area (Å²) < 4.78 is 25.7. The predicted octanol–water partition coefficient (Wildman–Crippen LogP) is 2.14. The second kappa shape index (κ2) is 4.58. The minimum absolute atomic E-state index is 0.317. The van der Waals surface area contributed by atoms with Crippen LogP contribution < -0.4 is 11.2 Å². The lowest BCUT2D eigenvalue weighted by Crippen LogP contribution is -2.41. The van der Waals surface area contributed by atoms with E-state index in [0.717, 1.165) is 0 Å². The first kappa shape index (κ1) is 14.5. The van der Waals surface area contributed by atoms with Gasteiger partial charge in [-0.2, -0.15) is 0 Å². The molecule has 1 saturated heterocycles. The van der Waals surface area contributed by atoms with Crippen molar-refractivity contribution in [2.75, 3.05) is 0 Å². The van der Waals surface area contributed by atoms with E-state index in [9.17, 15) is 4.39 Å². The first-order valence-corrected chi connectivity index (χ1v) is 6.54. The molecule has 0 bridgehead atoms. The fourth-order valence-corrected chi connectivity index (χ4v) is 2.04. The van der Waals surface area contributed by atoms with E-state index in [1.165, 1.54) is 6.07 Å². The summed E-state index contributed by atoms with van der Waals surface area (Å²) in [6.45, 7) is 9.64.